The fourth-order valence-electron chi connectivity index (χ4n) is 2.69. The van der Waals surface area contributed by atoms with Crippen molar-refractivity contribution in [3.05, 3.63) is 0 Å². The zero-order chi connectivity index (χ0) is 10.9. The Bertz CT molecular complexity index is 142. The first kappa shape index (κ1) is 13.0. The summed E-state index contributed by atoms with van der Waals surface area (Å²) in [4.78, 5) is 0. The van der Waals surface area contributed by atoms with Crippen molar-refractivity contribution < 1.29 is 0 Å². The molecule has 0 amide bonds. The Morgan fingerprint density at radius 2 is 1.47 bits per heavy atom. The van der Waals surface area contributed by atoms with Gasteiger partial charge in [-0.3, -0.25) is 0 Å². The monoisotopic (exact) mass is 211 g/mol. The van der Waals surface area contributed by atoms with Gasteiger partial charge in [-0.05, 0) is 31.2 Å². The minimum Gasteiger partial charge on any atom is -0.330 e. The molecule has 2 atom stereocenters. The number of unbranched alkanes of at least 4 members (excludes halogenated alkanes) is 6. The lowest BCUT2D eigenvalue weighted by atomic mass is 9.71. The van der Waals surface area contributed by atoms with E-state index in [4.69, 9.17) is 5.73 Å². The van der Waals surface area contributed by atoms with Gasteiger partial charge >= 0.3 is 0 Å². The van der Waals surface area contributed by atoms with E-state index in [0.717, 1.165) is 18.4 Å². The highest BCUT2D eigenvalue weighted by atomic mass is 14.6. The molecule has 0 aromatic rings. The first-order chi connectivity index (χ1) is 7.38. The molecule has 1 heteroatoms. The topological polar surface area (TPSA) is 26.0 Å². The van der Waals surface area contributed by atoms with Crippen LogP contribution < -0.4 is 5.73 Å². The Kier molecular flexibility index (Phi) is 7.08. The third kappa shape index (κ3) is 5.01. The van der Waals surface area contributed by atoms with E-state index < -0.39 is 0 Å². The zero-order valence-corrected chi connectivity index (χ0v) is 10.5. The van der Waals surface area contributed by atoms with E-state index in [1.807, 2.05) is 0 Å². The van der Waals surface area contributed by atoms with Gasteiger partial charge in [-0.25, -0.2) is 0 Å². The standard InChI is InChI=1S/C14H29N/c1-2-3-4-5-6-7-8-9-13-10-11-14(13)12-15/h13-14H,2-12,15H2,1H3. The van der Waals surface area contributed by atoms with Gasteiger partial charge < -0.3 is 5.73 Å². The normalized spacial score (nSPS) is 25.2. The van der Waals surface area contributed by atoms with Crippen LogP contribution in [0.5, 0.6) is 0 Å². The molecule has 1 aliphatic carbocycles. The van der Waals surface area contributed by atoms with Gasteiger partial charge in [0.2, 0.25) is 0 Å². The van der Waals surface area contributed by atoms with Crippen molar-refractivity contribution in [3.63, 3.8) is 0 Å². The van der Waals surface area contributed by atoms with E-state index in [9.17, 15) is 0 Å². The highest BCUT2D eigenvalue weighted by molar-refractivity contribution is 4.80. The molecule has 15 heavy (non-hydrogen) atoms. The Balaban J connectivity index is 1.81. The molecule has 2 N–H and O–H groups in total. The average Bonchev–Trinajstić information content (AvgIpc) is 2.21. The van der Waals surface area contributed by atoms with E-state index >= 15 is 0 Å². The molecule has 0 heterocycles. The van der Waals surface area contributed by atoms with Crippen LogP contribution in [0, 0.1) is 11.8 Å². The van der Waals surface area contributed by atoms with Gasteiger partial charge in [-0.2, -0.15) is 0 Å². The first-order valence-corrected chi connectivity index (χ1v) is 7.08. The molecule has 0 radical (unpaired) electrons. The van der Waals surface area contributed by atoms with E-state index in [1.165, 1.54) is 64.2 Å². The lowest BCUT2D eigenvalue weighted by molar-refractivity contribution is 0.167. The highest BCUT2D eigenvalue weighted by Gasteiger charge is 2.28. The smallest absolute Gasteiger partial charge is 0.00462 e. The minimum atomic E-state index is 0.880. The minimum absolute atomic E-state index is 0.880. The van der Waals surface area contributed by atoms with E-state index in [2.05, 4.69) is 6.92 Å². The summed E-state index contributed by atoms with van der Waals surface area (Å²) in [5, 5.41) is 0. The van der Waals surface area contributed by atoms with Crippen molar-refractivity contribution in [3.8, 4) is 0 Å². The van der Waals surface area contributed by atoms with Crippen LogP contribution in [0.1, 0.15) is 71.1 Å². The predicted molar refractivity (Wildman–Crippen MR) is 67.9 cm³/mol. The van der Waals surface area contributed by atoms with E-state index in [1.54, 1.807) is 0 Å². The van der Waals surface area contributed by atoms with Crippen LogP contribution in [0.2, 0.25) is 0 Å². The van der Waals surface area contributed by atoms with Gasteiger partial charge in [0, 0.05) is 0 Å². The van der Waals surface area contributed by atoms with Crippen LogP contribution in [-0.2, 0) is 0 Å². The van der Waals surface area contributed by atoms with E-state index in [-0.39, 0.29) is 0 Å². The summed E-state index contributed by atoms with van der Waals surface area (Å²) >= 11 is 0. The third-order valence-electron chi connectivity index (χ3n) is 4.06. The lowest BCUT2D eigenvalue weighted by Crippen LogP contribution is -2.32. The first-order valence-electron chi connectivity index (χ1n) is 7.08. The maximum absolute atomic E-state index is 5.71. The van der Waals surface area contributed by atoms with Crippen molar-refractivity contribution >= 4 is 0 Å². The second kappa shape index (κ2) is 8.15. The van der Waals surface area contributed by atoms with Crippen LogP contribution in [0.25, 0.3) is 0 Å². The quantitative estimate of drug-likeness (QED) is 0.571. The zero-order valence-electron chi connectivity index (χ0n) is 10.5. The largest absolute Gasteiger partial charge is 0.330 e. The second-order valence-corrected chi connectivity index (χ2v) is 5.24. The fraction of sp³-hybridized carbons (Fsp3) is 1.00. The van der Waals surface area contributed by atoms with Crippen molar-refractivity contribution in [1.29, 1.82) is 0 Å². The van der Waals surface area contributed by atoms with Crippen molar-refractivity contribution in [2.45, 2.75) is 71.1 Å². The molecular formula is C14H29N. The molecule has 2 unspecified atom stereocenters. The molecule has 90 valence electrons. The van der Waals surface area contributed by atoms with Gasteiger partial charge in [0.05, 0.1) is 0 Å². The molecule has 0 saturated heterocycles. The number of nitrogens with two attached hydrogens (primary N) is 1. The van der Waals surface area contributed by atoms with Gasteiger partial charge in [0.1, 0.15) is 0 Å². The SMILES string of the molecule is CCCCCCCCCC1CCC1CN. The van der Waals surface area contributed by atoms with Crippen molar-refractivity contribution in [1.82, 2.24) is 0 Å². The summed E-state index contributed by atoms with van der Waals surface area (Å²) in [5.74, 6) is 1.87. The van der Waals surface area contributed by atoms with Crippen LogP contribution >= 0.6 is 0 Å². The predicted octanol–water partition coefficient (Wildman–Crippen LogP) is 4.11. The molecule has 1 saturated carbocycles. The van der Waals surface area contributed by atoms with E-state index in [0.29, 0.717) is 0 Å². The molecule has 0 bridgehead atoms. The average molecular weight is 211 g/mol. The molecule has 1 rings (SSSR count). The van der Waals surface area contributed by atoms with Gasteiger partial charge in [0.15, 0.2) is 0 Å². The highest BCUT2D eigenvalue weighted by Crippen LogP contribution is 2.37. The summed E-state index contributed by atoms with van der Waals surface area (Å²) < 4.78 is 0. The molecular weight excluding hydrogens is 182 g/mol. The molecule has 0 spiro atoms. The molecule has 0 aromatic carbocycles. The molecule has 0 aliphatic heterocycles. The van der Waals surface area contributed by atoms with Crippen LogP contribution in [0.3, 0.4) is 0 Å². The van der Waals surface area contributed by atoms with Gasteiger partial charge in [-0.15, -0.1) is 0 Å². The van der Waals surface area contributed by atoms with Crippen molar-refractivity contribution in [2.24, 2.45) is 17.6 Å². The third-order valence-corrected chi connectivity index (χ3v) is 4.06. The fourth-order valence-corrected chi connectivity index (χ4v) is 2.69. The number of hydrogen-bond donors (Lipinski definition) is 1. The Labute approximate surface area is 95.8 Å². The molecule has 1 nitrogen and oxygen atoms in total. The Morgan fingerprint density at radius 3 is 2.00 bits per heavy atom. The Hall–Kier alpha value is -0.0400. The Morgan fingerprint density at radius 1 is 0.867 bits per heavy atom. The summed E-state index contributed by atoms with van der Waals surface area (Å²) in [5.41, 5.74) is 5.71. The van der Waals surface area contributed by atoms with Gasteiger partial charge in [-0.1, -0.05) is 58.3 Å². The number of hydrogen-bond acceptors (Lipinski definition) is 1. The lowest BCUT2D eigenvalue weighted by Gasteiger charge is -2.35. The van der Waals surface area contributed by atoms with Gasteiger partial charge in [0.25, 0.3) is 0 Å². The maximum Gasteiger partial charge on any atom is -0.00462 e. The van der Waals surface area contributed by atoms with Crippen LogP contribution in [0.4, 0.5) is 0 Å². The van der Waals surface area contributed by atoms with Crippen molar-refractivity contribution in [2.75, 3.05) is 6.54 Å². The van der Waals surface area contributed by atoms with Crippen LogP contribution in [0.15, 0.2) is 0 Å². The molecule has 1 fully saturated rings. The maximum atomic E-state index is 5.71. The number of rotatable bonds is 9. The summed E-state index contributed by atoms with van der Waals surface area (Å²) in [6.07, 6.45) is 14.4. The van der Waals surface area contributed by atoms with Crippen LogP contribution in [-0.4, -0.2) is 6.54 Å². The summed E-state index contributed by atoms with van der Waals surface area (Å²) in [6.45, 7) is 3.21. The summed E-state index contributed by atoms with van der Waals surface area (Å²) in [6, 6.07) is 0. The second-order valence-electron chi connectivity index (χ2n) is 5.24. The summed E-state index contributed by atoms with van der Waals surface area (Å²) in [7, 11) is 0. The molecule has 1 aliphatic rings. The molecule has 0 aromatic heterocycles.